The average molecular weight is 259 g/mol. The molecule has 3 heteroatoms. The maximum atomic E-state index is 12.1. The Bertz CT molecular complexity index is 494. The van der Waals surface area contributed by atoms with Gasteiger partial charge < -0.3 is 4.90 Å². The van der Waals surface area contributed by atoms with E-state index in [1.165, 1.54) is 12.8 Å². The molecule has 0 bridgehead atoms. The van der Waals surface area contributed by atoms with Crippen molar-refractivity contribution in [1.29, 1.82) is 0 Å². The number of unbranched alkanes of at least 4 members (excludes halogenated alkanes) is 3. The van der Waals surface area contributed by atoms with E-state index in [0.29, 0.717) is 12.8 Å². The molecule has 3 nitrogen and oxygen atoms in total. The second kappa shape index (κ2) is 6.00. The lowest BCUT2D eigenvalue weighted by Crippen LogP contribution is -2.20. The molecule has 0 radical (unpaired) electrons. The number of benzene rings is 1. The Morgan fingerprint density at radius 3 is 2.79 bits per heavy atom. The third-order valence-electron chi connectivity index (χ3n) is 3.74. The first-order valence-corrected chi connectivity index (χ1v) is 7.06. The number of anilines is 1. The van der Waals surface area contributed by atoms with E-state index in [4.69, 9.17) is 0 Å². The van der Waals surface area contributed by atoms with Crippen molar-refractivity contribution in [1.82, 2.24) is 0 Å². The molecule has 102 valence electrons. The molecule has 19 heavy (non-hydrogen) atoms. The molecule has 0 atom stereocenters. The van der Waals surface area contributed by atoms with E-state index in [2.05, 4.69) is 6.92 Å². The van der Waals surface area contributed by atoms with Crippen LogP contribution in [0.4, 0.5) is 5.69 Å². The number of carbonyl (C=O) groups is 2. The van der Waals surface area contributed by atoms with Crippen molar-refractivity contribution in [2.75, 3.05) is 11.9 Å². The summed E-state index contributed by atoms with van der Waals surface area (Å²) in [6.07, 6.45) is 5.49. The van der Waals surface area contributed by atoms with Gasteiger partial charge >= 0.3 is 0 Å². The van der Waals surface area contributed by atoms with Crippen molar-refractivity contribution in [2.45, 2.75) is 45.4 Å². The molecule has 0 N–H and O–H groups in total. The first-order chi connectivity index (χ1) is 9.13. The van der Waals surface area contributed by atoms with E-state index in [1.54, 1.807) is 11.9 Å². The standard InChI is InChI=1S/C16H21NO2/c1-3-4-5-6-7-15(18)12-8-9-14-13(10-12)11-16(19)17(14)2/h8-10H,3-7,11H2,1-2H3. The van der Waals surface area contributed by atoms with Crippen LogP contribution in [0.2, 0.25) is 0 Å². The van der Waals surface area contributed by atoms with Crippen LogP contribution in [0.25, 0.3) is 0 Å². The predicted octanol–water partition coefficient (Wildman–Crippen LogP) is 3.36. The van der Waals surface area contributed by atoms with E-state index in [0.717, 1.165) is 29.7 Å². The summed E-state index contributed by atoms with van der Waals surface area (Å²) in [5.74, 6) is 0.295. The fourth-order valence-electron chi connectivity index (χ4n) is 2.50. The Labute approximate surface area is 114 Å². The lowest BCUT2D eigenvalue weighted by atomic mass is 10.0. The third kappa shape index (κ3) is 3.03. The quantitative estimate of drug-likeness (QED) is 0.580. The number of Topliss-reactive ketones (excluding diaryl/α,β-unsaturated/α-hetero) is 1. The Hall–Kier alpha value is -1.64. The van der Waals surface area contributed by atoms with Crippen LogP contribution in [0.5, 0.6) is 0 Å². The molecular weight excluding hydrogens is 238 g/mol. The van der Waals surface area contributed by atoms with Crippen molar-refractivity contribution in [2.24, 2.45) is 0 Å². The number of hydrogen-bond donors (Lipinski definition) is 0. The predicted molar refractivity (Wildman–Crippen MR) is 76.6 cm³/mol. The van der Waals surface area contributed by atoms with Crippen molar-refractivity contribution in [3.8, 4) is 0 Å². The molecule has 1 heterocycles. The van der Waals surface area contributed by atoms with Gasteiger partial charge in [-0.25, -0.2) is 0 Å². The van der Waals surface area contributed by atoms with E-state index < -0.39 is 0 Å². The van der Waals surface area contributed by atoms with Crippen molar-refractivity contribution >= 4 is 17.4 Å². The summed E-state index contributed by atoms with van der Waals surface area (Å²) in [7, 11) is 1.78. The first kappa shape index (κ1) is 13.8. The van der Waals surface area contributed by atoms with Gasteiger partial charge in [-0.15, -0.1) is 0 Å². The lowest BCUT2D eigenvalue weighted by molar-refractivity contribution is -0.117. The second-order valence-electron chi connectivity index (χ2n) is 5.21. The minimum Gasteiger partial charge on any atom is -0.315 e. The zero-order chi connectivity index (χ0) is 13.8. The fourth-order valence-corrected chi connectivity index (χ4v) is 2.50. The summed E-state index contributed by atoms with van der Waals surface area (Å²) in [6.45, 7) is 2.16. The van der Waals surface area contributed by atoms with Gasteiger partial charge in [-0.05, 0) is 30.2 Å². The molecule has 0 fully saturated rings. The van der Waals surface area contributed by atoms with E-state index in [9.17, 15) is 9.59 Å². The molecule has 1 amide bonds. The highest BCUT2D eigenvalue weighted by Crippen LogP contribution is 2.28. The number of rotatable bonds is 6. The minimum absolute atomic E-state index is 0.0996. The van der Waals surface area contributed by atoms with Crippen molar-refractivity contribution in [3.05, 3.63) is 29.3 Å². The summed E-state index contributed by atoms with van der Waals surface area (Å²) in [5, 5.41) is 0. The van der Waals surface area contributed by atoms with Gasteiger partial charge in [-0.3, -0.25) is 9.59 Å². The van der Waals surface area contributed by atoms with Crippen molar-refractivity contribution < 1.29 is 9.59 Å². The van der Waals surface area contributed by atoms with Crippen LogP contribution in [0, 0.1) is 0 Å². The summed E-state index contributed by atoms with van der Waals surface area (Å²) in [6, 6.07) is 5.62. The summed E-state index contributed by atoms with van der Waals surface area (Å²) >= 11 is 0. The molecule has 0 unspecified atom stereocenters. The molecule has 0 aliphatic carbocycles. The van der Waals surface area contributed by atoms with Crippen LogP contribution in [0.3, 0.4) is 0 Å². The molecule has 1 aliphatic rings. The number of ketones is 1. The number of fused-ring (bicyclic) bond motifs is 1. The Balaban J connectivity index is 2.01. The second-order valence-corrected chi connectivity index (χ2v) is 5.21. The van der Waals surface area contributed by atoms with Crippen LogP contribution in [-0.2, 0) is 11.2 Å². The topological polar surface area (TPSA) is 37.4 Å². The molecule has 2 rings (SSSR count). The normalized spacial score (nSPS) is 13.8. The van der Waals surface area contributed by atoms with E-state index in [1.807, 2.05) is 18.2 Å². The fraction of sp³-hybridized carbons (Fsp3) is 0.500. The van der Waals surface area contributed by atoms with E-state index >= 15 is 0 Å². The molecule has 1 aromatic carbocycles. The zero-order valence-corrected chi connectivity index (χ0v) is 11.7. The van der Waals surface area contributed by atoms with Gasteiger partial charge in [0.1, 0.15) is 0 Å². The molecule has 1 aromatic rings. The van der Waals surface area contributed by atoms with Crippen LogP contribution < -0.4 is 4.90 Å². The van der Waals surface area contributed by atoms with Crippen LogP contribution in [0.15, 0.2) is 18.2 Å². The van der Waals surface area contributed by atoms with Gasteiger partial charge in [0.05, 0.1) is 6.42 Å². The largest absolute Gasteiger partial charge is 0.315 e. The molecule has 0 saturated carbocycles. The highest BCUT2D eigenvalue weighted by molar-refractivity contribution is 6.03. The number of nitrogens with zero attached hydrogens (tertiary/aromatic N) is 1. The van der Waals surface area contributed by atoms with Gasteiger partial charge in [-0.1, -0.05) is 26.2 Å². The smallest absolute Gasteiger partial charge is 0.231 e. The average Bonchev–Trinajstić information content (AvgIpc) is 2.69. The monoisotopic (exact) mass is 259 g/mol. The summed E-state index contributed by atoms with van der Waals surface area (Å²) < 4.78 is 0. The highest BCUT2D eigenvalue weighted by Gasteiger charge is 2.24. The number of amides is 1. The molecule has 0 saturated heterocycles. The highest BCUT2D eigenvalue weighted by atomic mass is 16.2. The third-order valence-corrected chi connectivity index (χ3v) is 3.74. The van der Waals surface area contributed by atoms with Crippen LogP contribution >= 0.6 is 0 Å². The zero-order valence-electron chi connectivity index (χ0n) is 11.7. The first-order valence-electron chi connectivity index (χ1n) is 7.06. The summed E-state index contributed by atoms with van der Waals surface area (Å²) in [5.41, 5.74) is 2.66. The minimum atomic E-state index is 0.0996. The van der Waals surface area contributed by atoms with Gasteiger partial charge in [0.25, 0.3) is 0 Å². The molecule has 0 aromatic heterocycles. The Morgan fingerprint density at radius 2 is 2.05 bits per heavy atom. The molecular formula is C16H21NO2. The molecule has 0 spiro atoms. The maximum absolute atomic E-state index is 12.1. The summed E-state index contributed by atoms with van der Waals surface area (Å²) in [4.78, 5) is 25.3. The molecule has 1 aliphatic heterocycles. The van der Waals surface area contributed by atoms with E-state index in [-0.39, 0.29) is 11.7 Å². The SMILES string of the molecule is CCCCCCC(=O)c1ccc2c(c1)CC(=O)N2C. The van der Waals surface area contributed by atoms with Crippen LogP contribution in [-0.4, -0.2) is 18.7 Å². The van der Waals surface area contributed by atoms with Gasteiger partial charge in [0.15, 0.2) is 5.78 Å². The Kier molecular flexibility index (Phi) is 4.35. The van der Waals surface area contributed by atoms with Gasteiger partial charge in [0, 0.05) is 24.7 Å². The van der Waals surface area contributed by atoms with Gasteiger partial charge in [-0.2, -0.15) is 0 Å². The van der Waals surface area contributed by atoms with Crippen molar-refractivity contribution in [3.63, 3.8) is 0 Å². The number of carbonyl (C=O) groups excluding carboxylic acids is 2. The number of likely N-dealkylation sites (N-methyl/N-ethyl adjacent to an activating group) is 1. The Morgan fingerprint density at radius 1 is 1.26 bits per heavy atom. The van der Waals surface area contributed by atoms with Gasteiger partial charge in [0.2, 0.25) is 5.91 Å². The van der Waals surface area contributed by atoms with Crippen LogP contribution in [0.1, 0.15) is 54.9 Å². The number of hydrogen-bond acceptors (Lipinski definition) is 2. The lowest BCUT2D eigenvalue weighted by Gasteiger charge is -2.10. The maximum Gasteiger partial charge on any atom is 0.231 e.